The van der Waals surface area contributed by atoms with Crippen LogP contribution in [-0.4, -0.2) is 37.5 Å². The Morgan fingerprint density at radius 1 is 0.622 bits per heavy atom. The molecule has 0 aliphatic carbocycles. The molecule has 45 heavy (non-hydrogen) atoms. The van der Waals surface area contributed by atoms with E-state index in [2.05, 4.69) is 141 Å². The van der Waals surface area contributed by atoms with Crippen molar-refractivity contribution in [3.05, 3.63) is 125 Å². The van der Waals surface area contributed by atoms with E-state index in [1.807, 2.05) is 41.9 Å². The summed E-state index contributed by atoms with van der Waals surface area (Å²) in [5.74, 6) is 0. The number of pyridine rings is 1. The molecule has 6 heteroatoms. The molecule has 4 aromatic heterocycles. The van der Waals surface area contributed by atoms with Crippen molar-refractivity contribution >= 4 is 38.5 Å². The highest BCUT2D eigenvalue weighted by molar-refractivity contribution is 5.84. The second-order valence-corrected chi connectivity index (χ2v) is 12.4. The van der Waals surface area contributed by atoms with E-state index in [0.717, 1.165) is 5.65 Å². The minimum atomic E-state index is 1.05. The van der Waals surface area contributed by atoms with Crippen LogP contribution < -0.4 is 4.90 Å². The summed E-state index contributed by atoms with van der Waals surface area (Å²) >= 11 is 0. The van der Waals surface area contributed by atoms with Crippen molar-refractivity contribution in [3.63, 3.8) is 0 Å². The lowest BCUT2D eigenvalue weighted by Crippen LogP contribution is -2.12. The predicted octanol–water partition coefficient (Wildman–Crippen LogP) is 8.55. The second kappa shape index (κ2) is 13.4. The number of hydrogen-bond acceptors (Lipinski definition) is 3. The maximum Gasteiger partial charge on any atom is 0.139 e. The number of fused-ring (bicyclic) bond motifs is 4. The zero-order chi connectivity index (χ0) is 32.2. The van der Waals surface area contributed by atoms with Gasteiger partial charge in [0.25, 0.3) is 0 Å². The molecule has 6 nitrogen and oxygen atoms in total. The molecule has 7 aromatic rings. The molecule has 0 saturated carbocycles. The van der Waals surface area contributed by atoms with Gasteiger partial charge in [-0.2, -0.15) is 5.10 Å². The standard InChI is InChI=1S/C11H13N.C10H13N.2C9H10N2/c1-8-4-5-11-10(6-8)9(2)7-12(11)3;1-8-3-4-10-9(7-8)5-6-11(10)2;1-7-5-8-3-4-11(2)9(8)10-6-7;1-7-3-4-9-8(5-7)6-10-11(9)2/h4-7H,1-3H3;3-4,7H,5-6H2,1-2H3;2*3-6H,1-2H3. The largest absolute Gasteiger partial charge is 0.374 e. The van der Waals surface area contributed by atoms with E-state index in [4.69, 9.17) is 0 Å². The monoisotopic (exact) mass is 598 g/mol. The molecule has 0 unspecified atom stereocenters. The van der Waals surface area contributed by atoms with Gasteiger partial charge in [0.2, 0.25) is 0 Å². The third-order valence-electron chi connectivity index (χ3n) is 8.45. The summed E-state index contributed by atoms with van der Waals surface area (Å²) in [4.78, 5) is 6.62. The highest BCUT2D eigenvalue weighted by atomic mass is 15.2. The van der Waals surface area contributed by atoms with E-state index in [1.54, 1.807) is 0 Å². The Morgan fingerprint density at radius 2 is 1.29 bits per heavy atom. The zero-order valence-electron chi connectivity index (χ0n) is 28.3. The van der Waals surface area contributed by atoms with Crippen molar-refractivity contribution in [1.82, 2.24) is 23.9 Å². The summed E-state index contributed by atoms with van der Waals surface area (Å²) < 4.78 is 6.08. The maximum atomic E-state index is 4.30. The van der Waals surface area contributed by atoms with Gasteiger partial charge in [0, 0.05) is 80.7 Å². The lowest BCUT2D eigenvalue weighted by atomic mass is 10.1. The van der Waals surface area contributed by atoms with Crippen LogP contribution in [-0.2, 0) is 27.6 Å². The Kier molecular flexibility index (Phi) is 9.43. The third-order valence-corrected chi connectivity index (χ3v) is 8.45. The number of rotatable bonds is 0. The Labute approximate surface area is 267 Å². The molecule has 3 aromatic carbocycles. The van der Waals surface area contributed by atoms with Crippen molar-refractivity contribution in [2.24, 2.45) is 21.1 Å². The van der Waals surface area contributed by atoms with E-state index >= 15 is 0 Å². The quantitative estimate of drug-likeness (QED) is 0.176. The Hall–Kier alpha value is -4.84. The van der Waals surface area contributed by atoms with Crippen LogP contribution in [0.5, 0.6) is 0 Å². The molecule has 1 aliphatic rings. The Balaban J connectivity index is 0.000000119. The highest BCUT2D eigenvalue weighted by Gasteiger charge is 2.14. The molecule has 0 bridgehead atoms. The van der Waals surface area contributed by atoms with E-state index < -0.39 is 0 Å². The van der Waals surface area contributed by atoms with Gasteiger partial charge in [-0.05, 0) is 100 Å². The average molecular weight is 599 g/mol. The van der Waals surface area contributed by atoms with Gasteiger partial charge in [-0.15, -0.1) is 0 Å². The fourth-order valence-electron chi connectivity index (χ4n) is 5.95. The molecule has 8 rings (SSSR count). The molecule has 0 atom stereocenters. The van der Waals surface area contributed by atoms with Crippen molar-refractivity contribution in [2.45, 2.75) is 41.0 Å². The van der Waals surface area contributed by atoms with Crippen LogP contribution in [0.25, 0.3) is 32.8 Å². The lowest BCUT2D eigenvalue weighted by Gasteiger charge is -2.11. The van der Waals surface area contributed by atoms with Crippen LogP contribution in [0.15, 0.2) is 91.5 Å². The molecule has 232 valence electrons. The number of aryl methyl sites for hydroxylation is 8. The van der Waals surface area contributed by atoms with Gasteiger partial charge in [0.15, 0.2) is 0 Å². The van der Waals surface area contributed by atoms with Crippen molar-refractivity contribution in [3.8, 4) is 0 Å². The number of benzene rings is 3. The lowest BCUT2D eigenvalue weighted by molar-refractivity contribution is 0.797. The summed E-state index contributed by atoms with van der Waals surface area (Å²) in [6.07, 6.45) is 9.19. The van der Waals surface area contributed by atoms with E-state index in [0.29, 0.717) is 0 Å². The Bertz CT molecular complexity index is 1990. The number of hydrogen-bond donors (Lipinski definition) is 0. The summed E-state index contributed by atoms with van der Waals surface area (Å²) in [6.45, 7) is 11.8. The first-order valence-corrected chi connectivity index (χ1v) is 15.6. The van der Waals surface area contributed by atoms with Crippen LogP contribution in [0, 0.1) is 34.6 Å². The van der Waals surface area contributed by atoms with Crippen LogP contribution in [0.1, 0.15) is 33.4 Å². The number of nitrogens with zero attached hydrogens (tertiary/aromatic N) is 6. The van der Waals surface area contributed by atoms with Gasteiger partial charge < -0.3 is 14.0 Å². The molecule has 0 fully saturated rings. The van der Waals surface area contributed by atoms with Gasteiger partial charge in [-0.25, -0.2) is 4.98 Å². The molecule has 0 N–H and O–H groups in total. The van der Waals surface area contributed by atoms with Crippen LogP contribution in [0.2, 0.25) is 0 Å². The van der Waals surface area contributed by atoms with Crippen molar-refractivity contribution < 1.29 is 0 Å². The predicted molar refractivity (Wildman–Crippen MR) is 191 cm³/mol. The summed E-state index contributed by atoms with van der Waals surface area (Å²) in [5, 5.41) is 7.96. The summed E-state index contributed by atoms with van der Waals surface area (Å²) in [5.41, 5.74) is 13.0. The minimum absolute atomic E-state index is 1.05. The van der Waals surface area contributed by atoms with E-state index in [1.165, 1.54) is 79.2 Å². The first-order valence-electron chi connectivity index (χ1n) is 15.6. The molecule has 1 aliphatic heterocycles. The first kappa shape index (κ1) is 31.6. The highest BCUT2D eigenvalue weighted by Crippen LogP contribution is 2.27. The van der Waals surface area contributed by atoms with Crippen LogP contribution in [0.3, 0.4) is 0 Å². The normalized spacial score (nSPS) is 11.9. The van der Waals surface area contributed by atoms with Gasteiger partial charge in [-0.3, -0.25) is 4.68 Å². The SMILES string of the molecule is Cc1ccc2c(c1)CCN2C.Cc1ccc2c(c1)c(C)cn2C.Cc1ccc2c(cnn2C)c1.Cc1cnc2c(ccn2C)c1. The topological polar surface area (TPSA) is 43.8 Å². The van der Waals surface area contributed by atoms with E-state index in [9.17, 15) is 0 Å². The molecule has 0 radical (unpaired) electrons. The van der Waals surface area contributed by atoms with Gasteiger partial charge >= 0.3 is 0 Å². The Morgan fingerprint density at radius 3 is 2.07 bits per heavy atom. The van der Waals surface area contributed by atoms with Crippen LogP contribution >= 0.6 is 0 Å². The van der Waals surface area contributed by atoms with Gasteiger partial charge in [-0.1, -0.05) is 41.0 Å². The molecule has 0 spiro atoms. The number of likely N-dealkylation sites (N-methyl/N-ethyl adjacent to an activating group) is 1. The maximum absolute atomic E-state index is 4.30. The van der Waals surface area contributed by atoms with Gasteiger partial charge in [0.05, 0.1) is 11.7 Å². The first-order chi connectivity index (χ1) is 21.5. The zero-order valence-corrected chi connectivity index (χ0v) is 28.3. The van der Waals surface area contributed by atoms with Crippen molar-refractivity contribution in [1.29, 1.82) is 0 Å². The molecule has 5 heterocycles. The van der Waals surface area contributed by atoms with E-state index in [-0.39, 0.29) is 0 Å². The number of aromatic nitrogens is 5. The van der Waals surface area contributed by atoms with Gasteiger partial charge in [0.1, 0.15) is 5.65 Å². The minimum Gasteiger partial charge on any atom is -0.374 e. The molecule has 0 amide bonds. The summed E-state index contributed by atoms with van der Waals surface area (Å²) in [7, 11) is 8.20. The second-order valence-electron chi connectivity index (χ2n) is 12.4. The third kappa shape index (κ3) is 7.28. The molecular formula is C39H46N6. The van der Waals surface area contributed by atoms with Crippen LogP contribution in [0.4, 0.5) is 5.69 Å². The average Bonchev–Trinajstić information content (AvgIpc) is 3.75. The smallest absolute Gasteiger partial charge is 0.139 e. The molecular weight excluding hydrogens is 552 g/mol. The molecule has 0 saturated heterocycles. The number of anilines is 1. The van der Waals surface area contributed by atoms with Crippen molar-refractivity contribution in [2.75, 3.05) is 18.5 Å². The fourth-order valence-corrected chi connectivity index (χ4v) is 5.95. The fraction of sp³-hybridized carbons (Fsp3) is 0.282. The summed E-state index contributed by atoms with van der Waals surface area (Å²) in [6, 6.07) is 23.8.